The fourth-order valence-corrected chi connectivity index (χ4v) is 9.09. The van der Waals surface area contributed by atoms with Crippen LogP contribution in [0.25, 0.3) is 0 Å². The van der Waals surface area contributed by atoms with Crippen molar-refractivity contribution in [3.8, 4) is 0 Å². The maximum absolute atomic E-state index is 4.59. The van der Waals surface area contributed by atoms with Crippen molar-refractivity contribution in [2.75, 3.05) is 0 Å². The minimum Gasteiger partial charge on any atom is -0.0993 e. The van der Waals surface area contributed by atoms with Crippen LogP contribution in [0.15, 0.2) is 59.8 Å². The number of hydrogen-bond donors (Lipinski definition) is 0. The van der Waals surface area contributed by atoms with Crippen molar-refractivity contribution in [1.82, 2.24) is 0 Å². The summed E-state index contributed by atoms with van der Waals surface area (Å²) in [6, 6.07) is 0. The lowest BCUT2D eigenvalue weighted by atomic mass is 9.54. The molecule has 0 aromatic heterocycles. The lowest BCUT2D eigenvalue weighted by molar-refractivity contribution is 0.0221. The van der Waals surface area contributed by atoms with E-state index in [9.17, 15) is 0 Å². The molecule has 0 spiro atoms. The summed E-state index contributed by atoms with van der Waals surface area (Å²) in [4.78, 5) is 0. The average Bonchev–Trinajstić information content (AvgIpc) is 3.65. The van der Waals surface area contributed by atoms with E-state index in [1.54, 1.807) is 11.1 Å². The zero-order chi connectivity index (χ0) is 27.7. The Morgan fingerprint density at radius 1 is 0.947 bits per heavy atom. The molecule has 0 bridgehead atoms. The van der Waals surface area contributed by atoms with E-state index in [-0.39, 0.29) is 0 Å². The van der Waals surface area contributed by atoms with Gasteiger partial charge in [0.05, 0.1) is 0 Å². The maximum atomic E-state index is 4.59. The normalized spacial score (nSPS) is 37.3. The smallest absolute Gasteiger partial charge is 0.00301 e. The zero-order valence-corrected chi connectivity index (χ0v) is 26.3. The van der Waals surface area contributed by atoms with Crippen LogP contribution in [-0.4, -0.2) is 0 Å². The fourth-order valence-electron chi connectivity index (χ4n) is 9.09. The van der Waals surface area contributed by atoms with Crippen LogP contribution in [0.3, 0.4) is 0 Å². The molecule has 0 aromatic rings. The molecule has 7 atom stereocenters. The van der Waals surface area contributed by atoms with E-state index in [1.807, 2.05) is 0 Å². The molecule has 38 heavy (non-hydrogen) atoms. The molecule has 0 radical (unpaired) electrons. The first-order chi connectivity index (χ1) is 18.0. The molecule has 0 heterocycles. The van der Waals surface area contributed by atoms with Crippen molar-refractivity contribution in [2.45, 2.75) is 132 Å². The van der Waals surface area contributed by atoms with Crippen LogP contribution in [0.1, 0.15) is 132 Å². The van der Waals surface area contributed by atoms with Crippen molar-refractivity contribution < 1.29 is 0 Å². The third-order valence-corrected chi connectivity index (χ3v) is 12.7. The molecule has 0 N–H and O–H groups in total. The molecule has 0 heteroatoms. The highest BCUT2D eigenvalue weighted by molar-refractivity contribution is 5.30. The standard InChI is InChI=1S/C38H60/c1-10-11-12-14-30(5)38(23-24-38)31(6)17-16-29(4)36(8)22-20-35-34(15-13-21-37(35,36)9)19-18-33-25-27(2)32(7)28(3)26-33/h16-19,27-29,31,35H,5,7,10-15,20-26H2,1-4,6,8-9H3. The van der Waals surface area contributed by atoms with Crippen molar-refractivity contribution >= 4 is 0 Å². The number of fused-ring (bicyclic) bond motifs is 1. The molecule has 0 saturated heterocycles. The number of rotatable bonds is 10. The van der Waals surface area contributed by atoms with Crippen molar-refractivity contribution in [1.29, 1.82) is 0 Å². The Morgan fingerprint density at radius 2 is 1.61 bits per heavy atom. The molecule has 4 aliphatic rings. The van der Waals surface area contributed by atoms with Gasteiger partial charge in [-0.25, -0.2) is 0 Å². The summed E-state index contributed by atoms with van der Waals surface area (Å²) < 4.78 is 0. The average molecular weight is 517 g/mol. The third kappa shape index (κ3) is 5.49. The van der Waals surface area contributed by atoms with E-state index in [0.717, 1.165) is 5.92 Å². The van der Waals surface area contributed by atoms with Gasteiger partial charge in [-0.1, -0.05) is 121 Å². The first kappa shape index (κ1) is 29.7. The minimum absolute atomic E-state index is 0.376. The predicted molar refractivity (Wildman–Crippen MR) is 168 cm³/mol. The predicted octanol–water partition coefficient (Wildman–Crippen LogP) is 11.8. The fraction of sp³-hybridized carbons (Fsp3) is 0.737. The SMILES string of the molecule is C=C1C(C)CC(=CC=C2CCCC3(C)C2CCC3(C)C(C)C=CC(C)C2(C(=C)CCCCC)CC2)CC1C. The Labute approximate surface area is 237 Å². The van der Waals surface area contributed by atoms with Gasteiger partial charge in [0, 0.05) is 0 Å². The van der Waals surface area contributed by atoms with Crippen LogP contribution in [0.5, 0.6) is 0 Å². The van der Waals surface area contributed by atoms with E-state index < -0.39 is 0 Å². The molecule has 4 saturated carbocycles. The Balaban J connectivity index is 1.45. The van der Waals surface area contributed by atoms with Gasteiger partial charge in [0.15, 0.2) is 0 Å². The summed E-state index contributed by atoms with van der Waals surface area (Å²) in [7, 11) is 0. The van der Waals surface area contributed by atoms with Gasteiger partial charge in [-0.05, 0) is 116 Å². The molecule has 4 aliphatic carbocycles. The van der Waals surface area contributed by atoms with Gasteiger partial charge in [0.1, 0.15) is 0 Å². The van der Waals surface area contributed by atoms with E-state index in [4.69, 9.17) is 0 Å². The molecule has 0 nitrogen and oxygen atoms in total. The lowest BCUT2D eigenvalue weighted by Crippen LogP contribution is -2.43. The Kier molecular flexibility index (Phi) is 9.11. The molecule has 212 valence electrons. The molecule has 4 rings (SSSR count). The van der Waals surface area contributed by atoms with E-state index in [0.29, 0.717) is 39.9 Å². The van der Waals surface area contributed by atoms with Crippen molar-refractivity contribution in [3.63, 3.8) is 0 Å². The van der Waals surface area contributed by atoms with Crippen LogP contribution < -0.4 is 0 Å². The van der Waals surface area contributed by atoms with Gasteiger partial charge in [0.2, 0.25) is 0 Å². The third-order valence-electron chi connectivity index (χ3n) is 12.7. The summed E-state index contributed by atoms with van der Waals surface area (Å²) in [5, 5.41) is 0. The van der Waals surface area contributed by atoms with E-state index >= 15 is 0 Å². The number of hydrogen-bond acceptors (Lipinski definition) is 0. The monoisotopic (exact) mass is 516 g/mol. The first-order valence-electron chi connectivity index (χ1n) is 16.4. The largest absolute Gasteiger partial charge is 0.0993 e. The Bertz CT molecular complexity index is 950. The first-order valence-corrected chi connectivity index (χ1v) is 16.4. The second-order valence-electron chi connectivity index (χ2n) is 14.8. The molecular weight excluding hydrogens is 456 g/mol. The van der Waals surface area contributed by atoms with Crippen LogP contribution >= 0.6 is 0 Å². The zero-order valence-electron chi connectivity index (χ0n) is 26.3. The van der Waals surface area contributed by atoms with Gasteiger partial charge >= 0.3 is 0 Å². The Hall–Kier alpha value is -1.30. The quantitative estimate of drug-likeness (QED) is 0.200. The summed E-state index contributed by atoms with van der Waals surface area (Å²) >= 11 is 0. The van der Waals surface area contributed by atoms with E-state index in [1.165, 1.54) is 94.6 Å². The highest BCUT2D eigenvalue weighted by Gasteiger charge is 2.57. The second-order valence-corrected chi connectivity index (χ2v) is 14.8. The van der Waals surface area contributed by atoms with Gasteiger partial charge < -0.3 is 0 Å². The summed E-state index contributed by atoms with van der Waals surface area (Å²) in [5.74, 6) is 3.26. The van der Waals surface area contributed by atoms with Gasteiger partial charge in [-0.3, -0.25) is 0 Å². The van der Waals surface area contributed by atoms with Crippen LogP contribution in [0.4, 0.5) is 0 Å². The molecule has 4 fully saturated rings. The molecular formula is C38H60. The molecule has 0 aromatic carbocycles. The van der Waals surface area contributed by atoms with E-state index in [2.05, 4.69) is 85.9 Å². The molecule has 0 amide bonds. The second kappa shape index (κ2) is 11.7. The van der Waals surface area contributed by atoms with Gasteiger partial charge in [-0.2, -0.15) is 0 Å². The highest BCUT2D eigenvalue weighted by atomic mass is 14.6. The van der Waals surface area contributed by atoms with Crippen LogP contribution in [0.2, 0.25) is 0 Å². The Morgan fingerprint density at radius 3 is 2.24 bits per heavy atom. The number of allylic oxidation sites excluding steroid dienone is 8. The van der Waals surface area contributed by atoms with Crippen LogP contribution in [-0.2, 0) is 0 Å². The summed E-state index contributed by atoms with van der Waals surface area (Å²) in [6.07, 6.45) is 27.5. The lowest BCUT2D eigenvalue weighted by Gasteiger charge is -2.51. The molecule has 7 unspecified atom stereocenters. The summed E-state index contributed by atoms with van der Waals surface area (Å²) in [6.45, 7) is 26.3. The van der Waals surface area contributed by atoms with Crippen molar-refractivity contribution in [3.05, 3.63) is 59.8 Å². The summed E-state index contributed by atoms with van der Waals surface area (Å²) in [5.41, 5.74) is 7.58. The van der Waals surface area contributed by atoms with Gasteiger partial charge in [0.25, 0.3) is 0 Å². The topological polar surface area (TPSA) is 0 Å². The van der Waals surface area contributed by atoms with Crippen molar-refractivity contribution in [2.24, 2.45) is 45.8 Å². The maximum Gasteiger partial charge on any atom is -0.00301 e. The molecule has 0 aliphatic heterocycles. The highest BCUT2D eigenvalue weighted by Crippen LogP contribution is 2.66. The number of unbranched alkanes of at least 4 members (excludes halogenated alkanes) is 2. The van der Waals surface area contributed by atoms with Crippen LogP contribution in [0, 0.1) is 45.8 Å². The van der Waals surface area contributed by atoms with Gasteiger partial charge in [-0.15, -0.1) is 0 Å². The minimum atomic E-state index is 0.376.